The monoisotopic (exact) mass is 546 g/mol. The highest BCUT2D eigenvalue weighted by Crippen LogP contribution is 2.45. The number of thiazole rings is 1. The number of aryl methyl sites for hydroxylation is 1. The minimum absolute atomic E-state index is 0.0826. The molecule has 1 aliphatic carbocycles. The Morgan fingerprint density at radius 3 is 2.51 bits per heavy atom. The number of benzene rings is 1. The van der Waals surface area contributed by atoms with E-state index in [4.69, 9.17) is 14.2 Å². The van der Waals surface area contributed by atoms with Gasteiger partial charge in [-0.05, 0) is 64.2 Å². The van der Waals surface area contributed by atoms with E-state index in [-0.39, 0.29) is 18.2 Å². The van der Waals surface area contributed by atoms with Gasteiger partial charge in [0, 0.05) is 31.1 Å². The van der Waals surface area contributed by atoms with Crippen molar-refractivity contribution >= 4 is 40.2 Å². The van der Waals surface area contributed by atoms with Gasteiger partial charge in [0.05, 0.1) is 23.1 Å². The number of ether oxygens (including phenoxy) is 3. The van der Waals surface area contributed by atoms with Crippen LogP contribution in [0.1, 0.15) is 49.5 Å². The number of hydrogen-bond acceptors (Lipinski definition) is 9. The van der Waals surface area contributed by atoms with E-state index in [1.807, 2.05) is 46.0 Å². The van der Waals surface area contributed by atoms with Crippen LogP contribution in [-0.4, -0.2) is 78.0 Å². The van der Waals surface area contributed by atoms with Gasteiger partial charge in [-0.3, -0.25) is 4.79 Å². The largest absolute Gasteiger partial charge is 0.496 e. The van der Waals surface area contributed by atoms with Crippen molar-refractivity contribution in [3.63, 3.8) is 0 Å². The van der Waals surface area contributed by atoms with Crippen molar-refractivity contribution in [2.75, 3.05) is 38.6 Å². The second kappa shape index (κ2) is 10.3. The van der Waals surface area contributed by atoms with Crippen molar-refractivity contribution in [3.8, 4) is 5.75 Å². The van der Waals surface area contributed by atoms with Crippen LogP contribution >= 0.6 is 23.1 Å². The summed E-state index contributed by atoms with van der Waals surface area (Å²) < 4.78 is 17.8. The lowest BCUT2D eigenvalue weighted by Crippen LogP contribution is -2.51. The molecule has 1 aromatic carbocycles. The molecule has 5 rings (SSSR count). The third-order valence-electron chi connectivity index (χ3n) is 6.52. The molecule has 3 heterocycles. The van der Waals surface area contributed by atoms with Crippen molar-refractivity contribution < 1.29 is 23.8 Å². The maximum Gasteiger partial charge on any atom is 0.410 e. The van der Waals surface area contributed by atoms with Crippen LogP contribution in [0.25, 0.3) is 0 Å². The Kier molecular flexibility index (Phi) is 7.30. The van der Waals surface area contributed by atoms with E-state index in [1.165, 1.54) is 12.8 Å². The van der Waals surface area contributed by atoms with Gasteiger partial charge in [-0.25, -0.2) is 9.78 Å². The van der Waals surface area contributed by atoms with Crippen molar-refractivity contribution in [1.82, 2.24) is 14.8 Å². The molecule has 2 saturated heterocycles. The van der Waals surface area contributed by atoms with E-state index >= 15 is 0 Å². The predicted octanol–water partition coefficient (Wildman–Crippen LogP) is 4.85. The Morgan fingerprint density at radius 2 is 1.86 bits per heavy atom. The molecule has 2 aromatic rings. The quantitative estimate of drug-likeness (QED) is 0.493. The number of rotatable bonds is 7. The van der Waals surface area contributed by atoms with Gasteiger partial charge in [-0.1, -0.05) is 23.1 Å². The average molecular weight is 547 g/mol. The summed E-state index contributed by atoms with van der Waals surface area (Å²) in [6.07, 6.45) is 4.45. The fourth-order valence-corrected chi connectivity index (χ4v) is 6.29. The summed E-state index contributed by atoms with van der Waals surface area (Å²) in [5.41, 5.74) is 0.991. The predicted molar refractivity (Wildman–Crippen MR) is 143 cm³/mol. The molecule has 1 N–H and O–H groups in total. The Labute approximate surface area is 225 Å². The molecule has 2 amide bonds. The second-order valence-corrected chi connectivity index (χ2v) is 13.0. The first-order chi connectivity index (χ1) is 17.6. The van der Waals surface area contributed by atoms with Crippen molar-refractivity contribution in [3.05, 3.63) is 29.5 Å². The molecule has 200 valence electrons. The topological polar surface area (TPSA) is 96.5 Å². The molecule has 11 heteroatoms. The third kappa shape index (κ3) is 6.32. The number of methoxy groups -OCH3 is 1. The zero-order chi connectivity index (χ0) is 26.3. The minimum Gasteiger partial charge on any atom is -0.496 e. The number of piperazine rings is 1. The number of nitrogens with zero attached hydrogens (tertiary/aromatic N) is 3. The third-order valence-corrected chi connectivity index (χ3v) is 8.71. The van der Waals surface area contributed by atoms with Crippen LogP contribution in [-0.2, 0) is 9.47 Å². The van der Waals surface area contributed by atoms with E-state index in [0.717, 1.165) is 19.8 Å². The molecule has 9 nitrogen and oxygen atoms in total. The summed E-state index contributed by atoms with van der Waals surface area (Å²) in [5.74, 6) is 1.15. The summed E-state index contributed by atoms with van der Waals surface area (Å²) >= 11 is 3.17. The maximum absolute atomic E-state index is 13.5. The molecular formula is C26H34N4O5S2. The number of hydrogen-bond donors (Lipinski definition) is 1. The molecular weight excluding hydrogens is 512 g/mol. The smallest absolute Gasteiger partial charge is 0.410 e. The minimum atomic E-state index is -0.549. The summed E-state index contributed by atoms with van der Waals surface area (Å²) in [6.45, 7) is 9.29. The standard InChI is InChI=1S/C26H34N4O5S2/c1-15-12-18(33-5)17(23(31)29-8-10-30(11-9-29)25(32)35-26(2,3)4)13-19(15)36-20-14-27-24(37-20)28-22-21(34-22)16-6-7-16/h12-14,16,21-22H,6-11H2,1-5H3,(H,27,28). The van der Waals surface area contributed by atoms with E-state index in [0.29, 0.717) is 49.5 Å². The van der Waals surface area contributed by atoms with Gasteiger partial charge < -0.3 is 29.3 Å². The van der Waals surface area contributed by atoms with Gasteiger partial charge in [-0.15, -0.1) is 0 Å². The lowest BCUT2D eigenvalue weighted by atomic mass is 10.1. The van der Waals surface area contributed by atoms with Gasteiger partial charge >= 0.3 is 6.09 Å². The van der Waals surface area contributed by atoms with Crippen molar-refractivity contribution in [1.29, 1.82) is 0 Å². The number of epoxide rings is 1. The number of anilines is 1. The van der Waals surface area contributed by atoms with E-state index in [9.17, 15) is 9.59 Å². The molecule has 0 bridgehead atoms. The highest BCUT2D eigenvalue weighted by Gasteiger charge is 2.49. The van der Waals surface area contributed by atoms with Gasteiger partial charge in [0.15, 0.2) is 11.4 Å². The molecule has 2 atom stereocenters. The SMILES string of the molecule is COc1cc(C)c(Sc2cnc(NC3OC3C3CC3)s2)cc1C(=O)N1CCN(C(=O)OC(C)(C)C)CC1. The van der Waals surface area contributed by atoms with E-state index in [2.05, 4.69) is 10.3 Å². The van der Waals surface area contributed by atoms with Crippen molar-refractivity contribution in [2.45, 2.75) is 67.6 Å². The molecule has 0 spiro atoms. The zero-order valence-corrected chi connectivity index (χ0v) is 23.5. The summed E-state index contributed by atoms with van der Waals surface area (Å²) in [5, 5.41) is 4.23. The number of aromatic nitrogens is 1. The van der Waals surface area contributed by atoms with Crippen LogP contribution in [0.3, 0.4) is 0 Å². The molecule has 3 fully saturated rings. The van der Waals surface area contributed by atoms with Crippen LogP contribution < -0.4 is 10.1 Å². The lowest BCUT2D eigenvalue weighted by Gasteiger charge is -2.35. The first kappa shape index (κ1) is 26.1. The van der Waals surface area contributed by atoms with E-state index in [1.54, 1.807) is 40.0 Å². The molecule has 2 unspecified atom stereocenters. The van der Waals surface area contributed by atoms with Gasteiger partial charge in [0.25, 0.3) is 5.91 Å². The normalized spacial score (nSPS) is 21.5. The van der Waals surface area contributed by atoms with Crippen LogP contribution in [0, 0.1) is 12.8 Å². The maximum atomic E-state index is 13.5. The molecule has 3 aliphatic rings. The fraction of sp³-hybridized carbons (Fsp3) is 0.577. The van der Waals surface area contributed by atoms with Crippen molar-refractivity contribution in [2.24, 2.45) is 5.92 Å². The number of carbonyl (C=O) groups excluding carboxylic acids is 2. The first-order valence-corrected chi connectivity index (χ1v) is 14.3. The second-order valence-electron chi connectivity index (χ2n) is 10.7. The van der Waals surface area contributed by atoms with Gasteiger partial charge in [0.2, 0.25) is 0 Å². The van der Waals surface area contributed by atoms with Gasteiger partial charge in [-0.2, -0.15) is 0 Å². The molecule has 0 radical (unpaired) electrons. The van der Waals surface area contributed by atoms with Crippen LogP contribution in [0.2, 0.25) is 0 Å². The Morgan fingerprint density at radius 1 is 1.16 bits per heavy atom. The highest BCUT2D eigenvalue weighted by molar-refractivity contribution is 8.01. The lowest BCUT2D eigenvalue weighted by molar-refractivity contribution is 0.0140. The summed E-state index contributed by atoms with van der Waals surface area (Å²) in [4.78, 5) is 34.8. The average Bonchev–Trinajstić information content (AvgIpc) is 3.77. The van der Waals surface area contributed by atoms with E-state index < -0.39 is 5.60 Å². The fourth-order valence-electron chi connectivity index (χ4n) is 4.32. The molecule has 1 saturated carbocycles. The zero-order valence-electron chi connectivity index (χ0n) is 21.9. The van der Waals surface area contributed by atoms with Crippen LogP contribution in [0.4, 0.5) is 9.93 Å². The number of nitrogens with one attached hydrogen (secondary N) is 1. The van der Waals surface area contributed by atoms with Gasteiger partial charge in [0.1, 0.15) is 17.5 Å². The number of amides is 2. The first-order valence-electron chi connectivity index (χ1n) is 12.6. The Hall–Kier alpha value is -2.50. The Balaban J connectivity index is 1.23. The molecule has 2 aliphatic heterocycles. The Bertz CT molecular complexity index is 1170. The van der Waals surface area contributed by atoms with Crippen LogP contribution in [0.15, 0.2) is 27.4 Å². The molecule has 37 heavy (non-hydrogen) atoms. The van der Waals surface area contributed by atoms with Crippen LogP contribution in [0.5, 0.6) is 5.75 Å². The molecule has 1 aromatic heterocycles. The summed E-state index contributed by atoms with van der Waals surface area (Å²) in [6, 6.07) is 3.81. The number of carbonyl (C=O) groups is 2. The summed E-state index contributed by atoms with van der Waals surface area (Å²) in [7, 11) is 1.58. The highest BCUT2D eigenvalue weighted by atomic mass is 32.2.